The molecule has 0 saturated carbocycles. The second kappa shape index (κ2) is 5.06. The molecule has 3 aromatic rings. The van der Waals surface area contributed by atoms with Crippen molar-refractivity contribution in [2.75, 3.05) is 11.9 Å². The van der Waals surface area contributed by atoms with Crippen LogP contribution in [0, 0.1) is 18.2 Å². The Balaban J connectivity index is 2.20. The summed E-state index contributed by atoms with van der Waals surface area (Å²) in [5, 5.41) is 3.09. The third kappa shape index (κ3) is 2.10. The lowest BCUT2D eigenvalue weighted by Crippen LogP contribution is -2.06. The predicted molar refractivity (Wildman–Crippen MR) is 78.4 cm³/mol. The molecule has 0 radical (unpaired) electrons. The fourth-order valence-corrected chi connectivity index (χ4v) is 2.13. The number of hydrogen-bond donors (Lipinski definition) is 1. The van der Waals surface area contributed by atoms with Crippen molar-refractivity contribution in [3.63, 3.8) is 0 Å². The van der Waals surface area contributed by atoms with Gasteiger partial charge in [-0.05, 0) is 36.4 Å². The number of nitrogens with zero attached hydrogens (tertiary/aromatic N) is 2. The summed E-state index contributed by atoms with van der Waals surface area (Å²) in [7, 11) is 0. The topological polar surface area (TPSA) is 29.9 Å². The zero-order valence-electron chi connectivity index (χ0n) is 10.7. The number of anilines is 1. The molecule has 0 unspecified atom stereocenters. The van der Waals surface area contributed by atoms with Crippen molar-refractivity contribution in [3.05, 3.63) is 54.3 Å². The third-order valence-corrected chi connectivity index (χ3v) is 2.99. The fraction of sp³-hybridized carbons (Fsp3) is 0.0625. The summed E-state index contributed by atoms with van der Waals surface area (Å²) in [6, 6.07) is 14.0. The predicted octanol–water partition coefficient (Wildman–Crippen LogP) is 3.21. The summed E-state index contributed by atoms with van der Waals surface area (Å²) >= 11 is 0. The van der Waals surface area contributed by atoms with E-state index >= 15 is 0 Å². The molecular weight excluding hydrogens is 253 g/mol. The molecule has 0 spiro atoms. The van der Waals surface area contributed by atoms with E-state index in [4.69, 9.17) is 6.42 Å². The van der Waals surface area contributed by atoms with Gasteiger partial charge in [0.25, 0.3) is 0 Å². The van der Waals surface area contributed by atoms with Gasteiger partial charge in [0.05, 0.1) is 17.6 Å². The van der Waals surface area contributed by atoms with E-state index in [1.54, 1.807) is 12.1 Å². The normalized spacial score (nSPS) is 10.4. The van der Waals surface area contributed by atoms with E-state index in [1.807, 2.05) is 28.8 Å². The van der Waals surface area contributed by atoms with Crippen LogP contribution < -0.4 is 5.32 Å². The molecule has 0 atom stereocenters. The standard InChI is InChI=1S/C16H12FN3/c1-2-11-18-16-19-14-5-3-4-6-15(14)20(16)13-9-7-12(17)8-10-13/h1,3-10H,11H2,(H,18,19). The molecule has 0 amide bonds. The minimum absolute atomic E-state index is 0.267. The molecule has 0 aliphatic carbocycles. The number of benzene rings is 2. The Kier molecular flexibility index (Phi) is 3.10. The van der Waals surface area contributed by atoms with Crippen molar-refractivity contribution >= 4 is 17.0 Å². The molecule has 2 aromatic carbocycles. The second-order valence-corrected chi connectivity index (χ2v) is 4.29. The highest BCUT2D eigenvalue weighted by Crippen LogP contribution is 2.24. The largest absolute Gasteiger partial charge is 0.344 e. The van der Waals surface area contributed by atoms with E-state index in [0.29, 0.717) is 12.5 Å². The van der Waals surface area contributed by atoms with Gasteiger partial charge in [0.15, 0.2) is 0 Å². The van der Waals surface area contributed by atoms with Crippen LogP contribution in [0.1, 0.15) is 0 Å². The fourth-order valence-electron chi connectivity index (χ4n) is 2.13. The van der Waals surface area contributed by atoms with Gasteiger partial charge in [-0.3, -0.25) is 4.57 Å². The Morgan fingerprint density at radius 2 is 1.90 bits per heavy atom. The van der Waals surface area contributed by atoms with Gasteiger partial charge in [-0.15, -0.1) is 6.42 Å². The molecule has 1 N–H and O–H groups in total. The van der Waals surface area contributed by atoms with Crippen LogP contribution >= 0.6 is 0 Å². The first-order valence-corrected chi connectivity index (χ1v) is 6.20. The first-order chi connectivity index (χ1) is 9.79. The summed E-state index contributed by atoms with van der Waals surface area (Å²) < 4.78 is 15.0. The van der Waals surface area contributed by atoms with E-state index in [2.05, 4.69) is 16.2 Å². The monoisotopic (exact) mass is 265 g/mol. The number of terminal acetylenes is 1. The van der Waals surface area contributed by atoms with E-state index < -0.39 is 0 Å². The van der Waals surface area contributed by atoms with Crippen LogP contribution in [0.15, 0.2) is 48.5 Å². The number of imidazole rings is 1. The Hall–Kier alpha value is -2.80. The third-order valence-electron chi connectivity index (χ3n) is 2.99. The van der Waals surface area contributed by atoms with Crippen LogP contribution in [0.25, 0.3) is 16.7 Å². The van der Waals surface area contributed by atoms with Gasteiger partial charge in [0.1, 0.15) is 5.82 Å². The maximum atomic E-state index is 13.1. The number of fused-ring (bicyclic) bond motifs is 1. The number of halogens is 1. The van der Waals surface area contributed by atoms with Crippen LogP contribution in [-0.2, 0) is 0 Å². The number of para-hydroxylation sites is 2. The molecule has 0 fully saturated rings. The number of nitrogens with one attached hydrogen (secondary N) is 1. The van der Waals surface area contributed by atoms with Crippen LogP contribution in [0.2, 0.25) is 0 Å². The highest BCUT2D eigenvalue weighted by Gasteiger charge is 2.11. The van der Waals surface area contributed by atoms with Crippen molar-refractivity contribution in [1.29, 1.82) is 0 Å². The zero-order valence-corrected chi connectivity index (χ0v) is 10.7. The molecule has 0 saturated heterocycles. The average molecular weight is 265 g/mol. The highest BCUT2D eigenvalue weighted by molar-refractivity contribution is 5.81. The van der Waals surface area contributed by atoms with E-state index in [1.165, 1.54) is 12.1 Å². The van der Waals surface area contributed by atoms with Gasteiger partial charge in [0.2, 0.25) is 5.95 Å². The summed E-state index contributed by atoms with van der Waals surface area (Å²) in [6.45, 7) is 0.379. The Morgan fingerprint density at radius 1 is 1.15 bits per heavy atom. The maximum absolute atomic E-state index is 13.1. The molecule has 20 heavy (non-hydrogen) atoms. The summed E-state index contributed by atoms with van der Waals surface area (Å²) in [5.41, 5.74) is 2.63. The lowest BCUT2D eigenvalue weighted by molar-refractivity contribution is 0.627. The number of aromatic nitrogens is 2. The van der Waals surface area contributed by atoms with Crippen molar-refractivity contribution in [3.8, 4) is 18.0 Å². The first kappa shape index (κ1) is 12.2. The Bertz CT molecular complexity index is 782. The van der Waals surface area contributed by atoms with Crippen LogP contribution in [0.4, 0.5) is 10.3 Å². The van der Waals surface area contributed by atoms with Gasteiger partial charge in [0, 0.05) is 5.69 Å². The van der Waals surface area contributed by atoms with E-state index in [-0.39, 0.29) is 5.82 Å². The Morgan fingerprint density at radius 3 is 2.65 bits per heavy atom. The quantitative estimate of drug-likeness (QED) is 0.737. The summed E-state index contributed by atoms with van der Waals surface area (Å²) in [4.78, 5) is 4.51. The van der Waals surface area contributed by atoms with Gasteiger partial charge in [-0.1, -0.05) is 18.1 Å². The van der Waals surface area contributed by atoms with Crippen molar-refractivity contribution in [1.82, 2.24) is 9.55 Å². The molecular formula is C16H12FN3. The SMILES string of the molecule is C#CCNc1nc2ccccc2n1-c1ccc(F)cc1. The second-order valence-electron chi connectivity index (χ2n) is 4.29. The van der Waals surface area contributed by atoms with Crippen molar-refractivity contribution in [2.24, 2.45) is 0 Å². The van der Waals surface area contributed by atoms with Gasteiger partial charge >= 0.3 is 0 Å². The average Bonchev–Trinajstić information content (AvgIpc) is 2.84. The smallest absolute Gasteiger partial charge is 0.209 e. The van der Waals surface area contributed by atoms with Crippen molar-refractivity contribution < 1.29 is 4.39 Å². The molecule has 1 aromatic heterocycles. The van der Waals surface area contributed by atoms with Gasteiger partial charge < -0.3 is 5.32 Å². The van der Waals surface area contributed by atoms with E-state index in [9.17, 15) is 4.39 Å². The maximum Gasteiger partial charge on any atom is 0.209 e. The number of rotatable bonds is 3. The minimum atomic E-state index is -0.267. The van der Waals surface area contributed by atoms with Crippen molar-refractivity contribution in [2.45, 2.75) is 0 Å². The summed E-state index contributed by atoms with van der Waals surface area (Å²) in [6.07, 6.45) is 5.28. The Labute approximate surface area is 116 Å². The first-order valence-electron chi connectivity index (χ1n) is 6.20. The van der Waals surface area contributed by atoms with Gasteiger partial charge in [-0.2, -0.15) is 0 Å². The van der Waals surface area contributed by atoms with Crippen LogP contribution in [0.3, 0.4) is 0 Å². The molecule has 0 aliphatic rings. The molecule has 0 aliphatic heterocycles. The molecule has 3 rings (SSSR count). The van der Waals surface area contributed by atoms with E-state index in [0.717, 1.165) is 16.7 Å². The van der Waals surface area contributed by atoms with Crippen LogP contribution in [0.5, 0.6) is 0 Å². The zero-order chi connectivity index (χ0) is 13.9. The molecule has 98 valence electrons. The molecule has 1 heterocycles. The van der Waals surface area contributed by atoms with Crippen LogP contribution in [-0.4, -0.2) is 16.1 Å². The minimum Gasteiger partial charge on any atom is -0.344 e. The lowest BCUT2D eigenvalue weighted by Gasteiger charge is -2.09. The van der Waals surface area contributed by atoms with Gasteiger partial charge in [-0.25, -0.2) is 9.37 Å². The lowest BCUT2D eigenvalue weighted by atomic mass is 10.3. The molecule has 3 nitrogen and oxygen atoms in total. The molecule has 4 heteroatoms. The molecule has 0 bridgehead atoms. The highest BCUT2D eigenvalue weighted by atomic mass is 19.1. The number of hydrogen-bond acceptors (Lipinski definition) is 2. The summed E-state index contributed by atoms with van der Waals surface area (Å²) in [5.74, 6) is 2.91.